The van der Waals surface area contributed by atoms with Crippen molar-refractivity contribution in [3.63, 3.8) is 0 Å². The Bertz CT molecular complexity index is 746. The number of rotatable bonds is 7. The van der Waals surface area contributed by atoms with Crippen molar-refractivity contribution in [1.29, 1.82) is 0 Å². The molecule has 0 radical (unpaired) electrons. The van der Waals surface area contributed by atoms with Crippen molar-refractivity contribution in [2.24, 2.45) is 5.41 Å². The zero-order chi connectivity index (χ0) is 19.1. The molecule has 27 heavy (non-hydrogen) atoms. The summed E-state index contributed by atoms with van der Waals surface area (Å²) < 4.78 is 5.38. The highest BCUT2D eigenvalue weighted by molar-refractivity contribution is 5.76. The van der Waals surface area contributed by atoms with Crippen LogP contribution in [0.25, 0.3) is 0 Å². The molecule has 0 saturated carbocycles. The molecule has 3 rings (SSSR count). The molecule has 1 fully saturated rings. The van der Waals surface area contributed by atoms with Crippen LogP contribution in [-0.4, -0.2) is 42.7 Å². The lowest BCUT2D eigenvalue weighted by Crippen LogP contribution is -2.49. The number of likely N-dealkylation sites (tertiary alicyclic amines) is 1. The molecule has 144 valence electrons. The number of nitrogens with zero attached hydrogens (tertiary/aromatic N) is 1. The minimum Gasteiger partial charge on any atom is -0.496 e. The second kappa shape index (κ2) is 9.05. The lowest BCUT2D eigenvalue weighted by atomic mass is 9.75. The molecule has 1 atom stereocenters. The SMILES string of the molecule is COc1ccccc1CCC(=O)N1CCCC(CO)(Cc2ccccc2)C1. The van der Waals surface area contributed by atoms with Crippen LogP contribution in [0.5, 0.6) is 5.75 Å². The van der Waals surface area contributed by atoms with Crippen LogP contribution >= 0.6 is 0 Å². The smallest absolute Gasteiger partial charge is 0.222 e. The largest absolute Gasteiger partial charge is 0.496 e. The van der Waals surface area contributed by atoms with E-state index in [0.29, 0.717) is 19.4 Å². The van der Waals surface area contributed by atoms with Gasteiger partial charge in [0.05, 0.1) is 13.7 Å². The number of piperidine rings is 1. The number of aryl methyl sites for hydroxylation is 1. The van der Waals surface area contributed by atoms with Crippen LogP contribution in [0.15, 0.2) is 54.6 Å². The fraction of sp³-hybridized carbons (Fsp3) is 0.435. The molecule has 1 unspecified atom stereocenters. The molecule has 2 aromatic carbocycles. The Morgan fingerprint density at radius 2 is 1.89 bits per heavy atom. The highest BCUT2D eigenvalue weighted by Gasteiger charge is 2.36. The molecule has 4 heteroatoms. The van der Waals surface area contributed by atoms with Crippen LogP contribution in [0.3, 0.4) is 0 Å². The zero-order valence-corrected chi connectivity index (χ0v) is 16.1. The fourth-order valence-corrected chi connectivity index (χ4v) is 4.09. The summed E-state index contributed by atoms with van der Waals surface area (Å²) in [7, 11) is 1.66. The molecule has 1 N–H and O–H groups in total. The van der Waals surface area contributed by atoms with E-state index in [-0.39, 0.29) is 17.9 Å². The van der Waals surface area contributed by atoms with Crippen molar-refractivity contribution in [1.82, 2.24) is 4.90 Å². The molecular weight excluding hydrogens is 338 g/mol. The molecule has 1 heterocycles. The van der Waals surface area contributed by atoms with E-state index in [1.807, 2.05) is 47.4 Å². The van der Waals surface area contributed by atoms with Crippen LogP contribution in [0.4, 0.5) is 0 Å². The van der Waals surface area contributed by atoms with E-state index in [2.05, 4.69) is 12.1 Å². The summed E-state index contributed by atoms with van der Waals surface area (Å²) in [5, 5.41) is 10.1. The molecule has 2 aromatic rings. The third kappa shape index (κ3) is 4.89. The molecule has 0 spiro atoms. The van der Waals surface area contributed by atoms with Crippen LogP contribution in [0.2, 0.25) is 0 Å². The Morgan fingerprint density at radius 1 is 1.15 bits per heavy atom. The summed E-state index contributed by atoms with van der Waals surface area (Å²) >= 11 is 0. The van der Waals surface area contributed by atoms with Gasteiger partial charge in [-0.3, -0.25) is 4.79 Å². The number of amides is 1. The number of ether oxygens (including phenoxy) is 1. The molecule has 4 nitrogen and oxygen atoms in total. The molecule has 1 amide bonds. The molecule has 1 aliphatic heterocycles. The first-order valence-corrected chi connectivity index (χ1v) is 9.70. The lowest BCUT2D eigenvalue weighted by Gasteiger charge is -2.42. The van der Waals surface area contributed by atoms with Gasteiger partial charge in [-0.1, -0.05) is 48.5 Å². The van der Waals surface area contributed by atoms with Crippen molar-refractivity contribution in [3.05, 3.63) is 65.7 Å². The van der Waals surface area contributed by atoms with Crippen molar-refractivity contribution in [3.8, 4) is 5.75 Å². The summed E-state index contributed by atoms with van der Waals surface area (Å²) in [5.74, 6) is 0.990. The van der Waals surface area contributed by atoms with Crippen LogP contribution in [0, 0.1) is 5.41 Å². The number of aliphatic hydroxyl groups excluding tert-OH is 1. The maximum absolute atomic E-state index is 12.8. The summed E-state index contributed by atoms with van der Waals surface area (Å²) in [5.41, 5.74) is 2.04. The fourth-order valence-electron chi connectivity index (χ4n) is 4.09. The Hall–Kier alpha value is -2.33. The predicted molar refractivity (Wildman–Crippen MR) is 107 cm³/mol. The van der Waals surface area contributed by atoms with Crippen molar-refractivity contribution < 1.29 is 14.6 Å². The summed E-state index contributed by atoms with van der Waals surface area (Å²) in [4.78, 5) is 14.8. The monoisotopic (exact) mass is 367 g/mol. The average Bonchev–Trinajstić information content (AvgIpc) is 2.73. The summed E-state index contributed by atoms with van der Waals surface area (Å²) in [6, 6.07) is 18.1. The summed E-state index contributed by atoms with van der Waals surface area (Å²) in [6.45, 7) is 1.52. The standard InChI is InChI=1S/C23H29NO3/c1-27-21-11-6-5-10-20(21)12-13-22(26)24-15-7-14-23(17-24,18-25)16-19-8-3-2-4-9-19/h2-6,8-11,25H,7,12-18H2,1H3. The van der Waals surface area contributed by atoms with E-state index in [1.165, 1.54) is 5.56 Å². The first-order valence-electron chi connectivity index (χ1n) is 9.70. The first kappa shape index (κ1) is 19.4. The zero-order valence-electron chi connectivity index (χ0n) is 16.1. The van der Waals surface area contributed by atoms with Gasteiger partial charge in [-0.2, -0.15) is 0 Å². The summed E-state index contributed by atoms with van der Waals surface area (Å²) in [6.07, 6.45) is 3.83. The van der Waals surface area contributed by atoms with Gasteiger partial charge >= 0.3 is 0 Å². The second-order valence-corrected chi connectivity index (χ2v) is 7.55. The number of benzene rings is 2. The highest BCUT2D eigenvalue weighted by Crippen LogP contribution is 2.34. The van der Waals surface area contributed by atoms with Crippen LogP contribution < -0.4 is 4.74 Å². The second-order valence-electron chi connectivity index (χ2n) is 7.55. The third-order valence-corrected chi connectivity index (χ3v) is 5.57. The van der Waals surface area contributed by atoms with Gasteiger partial charge in [0.25, 0.3) is 0 Å². The van der Waals surface area contributed by atoms with E-state index in [4.69, 9.17) is 4.74 Å². The normalized spacial score (nSPS) is 19.7. The number of para-hydroxylation sites is 1. The Kier molecular flexibility index (Phi) is 6.51. The van der Waals surface area contributed by atoms with Gasteiger partial charge in [0.15, 0.2) is 0 Å². The van der Waals surface area contributed by atoms with Gasteiger partial charge < -0.3 is 14.7 Å². The van der Waals surface area contributed by atoms with Crippen LogP contribution in [-0.2, 0) is 17.6 Å². The van der Waals surface area contributed by atoms with Crippen molar-refractivity contribution >= 4 is 5.91 Å². The van der Waals surface area contributed by atoms with E-state index in [0.717, 1.165) is 37.1 Å². The molecular formula is C23H29NO3. The minimum atomic E-state index is -0.236. The van der Waals surface area contributed by atoms with Gasteiger partial charge in [-0.25, -0.2) is 0 Å². The topological polar surface area (TPSA) is 49.8 Å². The molecule has 1 saturated heterocycles. The van der Waals surface area contributed by atoms with Crippen LogP contribution in [0.1, 0.15) is 30.4 Å². The highest BCUT2D eigenvalue weighted by atomic mass is 16.5. The number of aliphatic hydroxyl groups is 1. The van der Waals surface area contributed by atoms with E-state index >= 15 is 0 Å². The number of methoxy groups -OCH3 is 1. The van der Waals surface area contributed by atoms with E-state index in [1.54, 1.807) is 7.11 Å². The number of hydrogen-bond acceptors (Lipinski definition) is 3. The Labute approximate surface area is 161 Å². The number of carbonyl (C=O) groups excluding carboxylic acids is 1. The van der Waals surface area contributed by atoms with Crippen molar-refractivity contribution in [2.45, 2.75) is 32.1 Å². The Balaban J connectivity index is 1.63. The molecule has 1 aliphatic rings. The lowest BCUT2D eigenvalue weighted by molar-refractivity contribution is -0.135. The predicted octanol–water partition coefficient (Wildman–Crippen LogP) is 3.47. The molecule has 0 aliphatic carbocycles. The Morgan fingerprint density at radius 3 is 2.63 bits per heavy atom. The first-order chi connectivity index (χ1) is 13.2. The quantitative estimate of drug-likeness (QED) is 0.815. The van der Waals surface area contributed by atoms with Gasteiger partial charge in [0, 0.05) is 24.9 Å². The van der Waals surface area contributed by atoms with E-state index < -0.39 is 0 Å². The number of carbonyl (C=O) groups is 1. The average molecular weight is 367 g/mol. The van der Waals surface area contributed by atoms with Gasteiger partial charge in [0.2, 0.25) is 5.91 Å². The third-order valence-electron chi connectivity index (χ3n) is 5.57. The van der Waals surface area contributed by atoms with Gasteiger partial charge in [0.1, 0.15) is 5.75 Å². The van der Waals surface area contributed by atoms with E-state index in [9.17, 15) is 9.90 Å². The maximum atomic E-state index is 12.8. The van der Waals surface area contributed by atoms with Gasteiger partial charge in [-0.15, -0.1) is 0 Å². The number of hydrogen-bond donors (Lipinski definition) is 1. The molecule has 0 bridgehead atoms. The minimum absolute atomic E-state index is 0.109. The maximum Gasteiger partial charge on any atom is 0.222 e. The molecule has 0 aromatic heterocycles. The van der Waals surface area contributed by atoms with Gasteiger partial charge in [-0.05, 0) is 42.9 Å². The van der Waals surface area contributed by atoms with Crippen molar-refractivity contribution in [2.75, 3.05) is 26.8 Å².